The second-order valence-corrected chi connectivity index (χ2v) is 9.24. The summed E-state index contributed by atoms with van der Waals surface area (Å²) in [5, 5.41) is 2.85. The standard InChI is InChI=1S/C22H30N2O4S/c1-17(2)28-15-5-14-23-22(25)20-10-12-21(13-11-20)24(29(4,26)27)16-19-8-6-18(3)7-9-19/h6-13,17H,5,14-16H2,1-4H3,(H,23,25). The van der Waals surface area contributed by atoms with Crippen LogP contribution >= 0.6 is 0 Å². The van der Waals surface area contributed by atoms with Crippen molar-refractivity contribution in [2.75, 3.05) is 23.7 Å². The number of ether oxygens (including phenoxy) is 1. The molecular weight excluding hydrogens is 388 g/mol. The number of carbonyl (C=O) groups excluding carboxylic acids is 1. The first kappa shape index (κ1) is 22.9. The number of benzene rings is 2. The van der Waals surface area contributed by atoms with Crippen LogP contribution in [0.2, 0.25) is 0 Å². The first-order chi connectivity index (χ1) is 13.7. The fraction of sp³-hybridized carbons (Fsp3) is 0.409. The molecule has 0 aliphatic carbocycles. The molecule has 2 aromatic carbocycles. The molecule has 0 fully saturated rings. The van der Waals surface area contributed by atoms with Crippen molar-refractivity contribution in [1.82, 2.24) is 5.32 Å². The predicted octanol–water partition coefficient (Wildman–Crippen LogP) is 3.51. The second kappa shape index (κ2) is 10.4. The molecule has 1 N–H and O–H groups in total. The van der Waals surface area contributed by atoms with Crippen molar-refractivity contribution in [2.24, 2.45) is 0 Å². The Balaban J connectivity index is 2.03. The van der Waals surface area contributed by atoms with Crippen LogP contribution in [0.15, 0.2) is 48.5 Å². The molecule has 0 aromatic heterocycles. The molecule has 0 radical (unpaired) electrons. The van der Waals surface area contributed by atoms with E-state index in [-0.39, 0.29) is 18.6 Å². The van der Waals surface area contributed by atoms with E-state index in [2.05, 4.69) is 5.32 Å². The molecule has 1 amide bonds. The smallest absolute Gasteiger partial charge is 0.251 e. The third-order valence-corrected chi connectivity index (χ3v) is 5.46. The van der Waals surface area contributed by atoms with Gasteiger partial charge in [0, 0.05) is 18.7 Å². The number of amides is 1. The zero-order chi connectivity index (χ0) is 21.4. The third kappa shape index (κ3) is 7.51. The van der Waals surface area contributed by atoms with Crippen molar-refractivity contribution in [3.63, 3.8) is 0 Å². The molecule has 0 heterocycles. The van der Waals surface area contributed by atoms with Gasteiger partial charge in [-0.15, -0.1) is 0 Å². The highest BCUT2D eigenvalue weighted by atomic mass is 32.2. The van der Waals surface area contributed by atoms with Gasteiger partial charge < -0.3 is 10.1 Å². The van der Waals surface area contributed by atoms with E-state index in [1.165, 1.54) is 10.6 Å². The Morgan fingerprint density at radius 3 is 2.24 bits per heavy atom. The maximum Gasteiger partial charge on any atom is 0.251 e. The van der Waals surface area contributed by atoms with Gasteiger partial charge in [-0.05, 0) is 57.0 Å². The maximum atomic E-state index is 12.3. The highest BCUT2D eigenvalue weighted by Gasteiger charge is 2.18. The van der Waals surface area contributed by atoms with E-state index in [4.69, 9.17) is 4.74 Å². The summed E-state index contributed by atoms with van der Waals surface area (Å²) in [4.78, 5) is 12.3. The number of sulfonamides is 1. The van der Waals surface area contributed by atoms with E-state index in [1.54, 1.807) is 24.3 Å². The van der Waals surface area contributed by atoms with Crippen molar-refractivity contribution in [3.8, 4) is 0 Å². The lowest BCUT2D eigenvalue weighted by molar-refractivity contribution is 0.0757. The minimum absolute atomic E-state index is 0.177. The summed E-state index contributed by atoms with van der Waals surface area (Å²) in [6.45, 7) is 7.28. The van der Waals surface area contributed by atoms with Crippen LogP contribution in [0.25, 0.3) is 0 Å². The van der Waals surface area contributed by atoms with E-state index in [1.807, 2.05) is 45.0 Å². The van der Waals surface area contributed by atoms with Crippen LogP contribution in [0.4, 0.5) is 5.69 Å². The van der Waals surface area contributed by atoms with Crippen molar-refractivity contribution < 1.29 is 17.9 Å². The molecule has 0 atom stereocenters. The number of rotatable bonds is 10. The molecule has 6 nitrogen and oxygen atoms in total. The number of anilines is 1. The molecule has 0 aliphatic heterocycles. The number of aryl methyl sites for hydroxylation is 1. The summed E-state index contributed by atoms with van der Waals surface area (Å²) in [7, 11) is -3.47. The first-order valence-electron chi connectivity index (χ1n) is 9.70. The third-order valence-electron chi connectivity index (χ3n) is 4.32. The highest BCUT2D eigenvalue weighted by Crippen LogP contribution is 2.21. The summed E-state index contributed by atoms with van der Waals surface area (Å²) < 4.78 is 31.4. The van der Waals surface area contributed by atoms with Gasteiger partial charge in [0.05, 0.1) is 24.6 Å². The van der Waals surface area contributed by atoms with E-state index in [9.17, 15) is 13.2 Å². The van der Waals surface area contributed by atoms with Gasteiger partial charge in [0.1, 0.15) is 0 Å². The van der Waals surface area contributed by atoms with Gasteiger partial charge in [0.2, 0.25) is 10.0 Å². The van der Waals surface area contributed by atoms with Crippen molar-refractivity contribution >= 4 is 21.6 Å². The minimum Gasteiger partial charge on any atom is -0.379 e. The van der Waals surface area contributed by atoms with Crippen LogP contribution in [0.5, 0.6) is 0 Å². The lowest BCUT2D eigenvalue weighted by Gasteiger charge is -2.23. The second-order valence-electron chi connectivity index (χ2n) is 7.33. The molecule has 0 bridgehead atoms. The molecule has 0 spiro atoms. The fourth-order valence-corrected chi connectivity index (χ4v) is 3.62. The summed E-state index contributed by atoms with van der Waals surface area (Å²) in [6.07, 6.45) is 2.09. The number of hydrogen-bond donors (Lipinski definition) is 1. The normalized spacial score (nSPS) is 11.5. The summed E-state index contributed by atoms with van der Waals surface area (Å²) in [6, 6.07) is 14.3. The Hall–Kier alpha value is -2.38. The quantitative estimate of drug-likeness (QED) is 0.599. The molecule has 29 heavy (non-hydrogen) atoms. The lowest BCUT2D eigenvalue weighted by atomic mass is 10.1. The van der Waals surface area contributed by atoms with Crippen LogP contribution in [-0.4, -0.2) is 39.8 Å². The molecule has 2 aromatic rings. The Kier molecular flexibility index (Phi) is 8.22. The molecule has 0 saturated heterocycles. The van der Waals surface area contributed by atoms with Gasteiger partial charge in [-0.25, -0.2) is 8.42 Å². The Labute approximate surface area is 173 Å². The molecule has 0 saturated carbocycles. The summed E-state index contributed by atoms with van der Waals surface area (Å²) in [5.41, 5.74) is 3.02. The van der Waals surface area contributed by atoms with Crippen LogP contribution in [0.3, 0.4) is 0 Å². The van der Waals surface area contributed by atoms with E-state index in [0.717, 1.165) is 17.5 Å². The number of carbonyl (C=O) groups is 1. The minimum atomic E-state index is -3.47. The molecule has 2 rings (SSSR count). The van der Waals surface area contributed by atoms with Gasteiger partial charge >= 0.3 is 0 Å². The first-order valence-corrected chi connectivity index (χ1v) is 11.5. The van der Waals surface area contributed by atoms with Gasteiger partial charge in [0.15, 0.2) is 0 Å². The number of hydrogen-bond acceptors (Lipinski definition) is 4. The maximum absolute atomic E-state index is 12.3. The van der Waals surface area contributed by atoms with Crippen LogP contribution < -0.4 is 9.62 Å². The average Bonchev–Trinajstić information content (AvgIpc) is 2.66. The average molecular weight is 419 g/mol. The van der Waals surface area contributed by atoms with Crippen molar-refractivity contribution in [2.45, 2.75) is 39.8 Å². The Morgan fingerprint density at radius 1 is 1.07 bits per heavy atom. The van der Waals surface area contributed by atoms with E-state index in [0.29, 0.717) is 24.4 Å². The monoisotopic (exact) mass is 418 g/mol. The van der Waals surface area contributed by atoms with Gasteiger partial charge in [0.25, 0.3) is 5.91 Å². The van der Waals surface area contributed by atoms with E-state index < -0.39 is 10.0 Å². The number of nitrogens with one attached hydrogen (secondary N) is 1. The summed E-state index contributed by atoms with van der Waals surface area (Å²) >= 11 is 0. The molecule has 0 unspecified atom stereocenters. The van der Waals surface area contributed by atoms with Crippen molar-refractivity contribution in [1.29, 1.82) is 0 Å². The van der Waals surface area contributed by atoms with Gasteiger partial charge in [-0.2, -0.15) is 0 Å². The molecule has 0 aliphatic rings. The lowest BCUT2D eigenvalue weighted by Crippen LogP contribution is -2.29. The molecule has 158 valence electrons. The summed E-state index contributed by atoms with van der Waals surface area (Å²) in [5.74, 6) is -0.189. The highest BCUT2D eigenvalue weighted by molar-refractivity contribution is 7.92. The van der Waals surface area contributed by atoms with Crippen LogP contribution in [0.1, 0.15) is 41.8 Å². The zero-order valence-electron chi connectivity index (χ0n) is 17.5. The molecule has 7 heteroatoms. The predicted molar refractivity (Wildman–Crippen MR) is 117 cm³/mol. The zero-order valence-corrected chi connectivity index (χ0v) is 18.3. The van der Waals surface area contributed by atoms with Gasteiger partial charge in [-0.1, -0.05) is 29.8 Å². The molecular formula is C22H30N2O4S. The van der Waals surface area contributed by atoms with E-state index >= 15 is 0 Å². The Bertz CT molecular complexity index is 891. The van der Waals surface area contributed by atoms with Gasteiger partial charge in [-0.3, -0.25) is 9.10 Å². The Morgan fingerprint density at radius 2 is 1.69 bits per heavy atom. The fourth-order valence-electron chi connectivity index (χ4n) is 2.73. The van der Waals surface area contributed by atoms with Crippen molar-refractivity contribution in [3.05, 3.63) is 65.2 Å². The van der Waals surface area contributed by atoms with Crippen LogP contribution in [-0.2, 0) is 21.3 Å². The SMILES string of the molecule is Cc1ccc(CN(c2ccc(C(=O)NCCCOC(C)C)cc2)S(C)(=O)=O)cc1. The largest absolute Gasteiger partial charge is 0.379 e. The number of nitrogens with zero attached hydrogens (tertiary/aromatic N) is 1. The topological polar surface area (TPSA) is 75.7 Å². The van der Waals surface area contributed by atoms with Crippen LogP contribution in [0, 0.1) is 6.92 Å².